The zero-order valence-electron chi connectivity index (χ0n) is 22.9. The van der Waals surface area contributed by atoms with E-state index in [2.05, 4.69) is 9.88 Å². The van der Waals surface area contributed by atoms with E-state index in [1.54, 1.807) is 22.4 Å². The third-order valence-corrected chi connectivity index (χ3v) is 7.65. The molecule has 0 radical (unpaired) electrons. The number of hydrogen-bond acceptors (Lipinski definition) is 7. The summed E-state index contributed by atoms with van der Waals surface area (Å²) in [6.45, 7) is 5.87. The molecular formula is C32H32N4O5. The summed E-state index contributed by atoms with van der Waals surface area (Å²) < 4.78 is 13.3. The van der Waals surface area contributed by atoms with Crippen LogP contribution in [0.5, 0.6) is 5.75 Å². The van der Waals surface area contributed by atoms with Gasteiger partial charge in [0.1, 0.15) is 23.7 Å². The average Bonchev–Trinajstić information content (AvgIpc) is 3.48. The second-order valence-electron chi connectivity index (χ2n) is 10.3. The lowest BCUT2D eigenvalue weighted by Gasteiger charge is -2.31. The minimum absolute atomic E-state index is 0.0472. The first-order valence-electron chi connectivity index (χ1n) is 13.8. The van der Waals surface area contributed by atoms with Gasteiger partial charge in [-0.15, -0.1) is 0 Å². The fourth-order valence-electron chi connectivity index (χ4n) is 5.57. The molecule has 41 heavy (non-hydrogen) atoms. The molecule has 1 unspecified atom stereocenters. The number of likely N-dealkylation sites (tertiary alicyclic amines) is 1. The van der Waals surface area contributed by atoms with Gasteiger partial charge in [-0.25, -0.2) is 4.98 Å². The molecular weight excluding hydrogens is 520 g/mol. The summed E-state index contributed by atoms with van der Waals surface area (Å²) >= 11 is 0. The largest absolute Gasteiger partial charge is 0.505 e. The van der Waals surface area contributed by atoms with Crippen LogP contribution in [0.4, 0.5) is 0 Å². The minimum atomic E-state index is -0.787. The Morgan fingerprint density at radius 2 is 1.78 bits per heavy atom. The number of fused-ring (bicyclic) bond motifs is 1. The molecule has 9 heteroatoms. The Bertz CT molecular complexity index is 1610. The number of aromatic nitrogens is 2. The summed E-state index contributed by atoms with van der Waals surface area (Å²) in [5, 5.41) is 11.7. The van der Waals surface area contributed by atoms with Crippen molar-refractivity contribution in [2.45, 2.75) is 19.6 Å². The molecule has 210 valence electrons. The van der Waals surface area contributed by atoms with E-state index in [0.717, 1.165) is 18.7 Å². The van der Waals surface area contributed by atoms with Gasteiger partial charge < -0.3 is 19.5 Å². The van der Waals surface area contributed by atoms with E-state index in [4.69, 9.17) is 9.47 Å². The van der Waals surface area contributed by atoms with Crippen LogP contribution < -0.4 is 4.74 Å². The van der Waals surface area contributed by atoms with Crippen molar-refractivity contribution in [2.75, 3.05) is 39.4 Å². The van der Waals surface area contributed by atoms with Crippen LogP contribution in [-0.2, 0) is 20.9 Å². The van der Waals surface area contributed by atoms with Gasteiger partial charge in [-0.2, -0.15) is 0 Å². The Morgan fingerprint density at radius 1 is 1.00 bits per heavy atom. The summed E-state index contributed by atoms with van der Waals surface area (Å²) in [7, 11) is 0. The van der Waals surface area contributed by atoms with E-state index in [-0.39, 0.29) is 11.3 Å². The van der Waals surface area contributed by atoms with Gasteiger partial charge in [-0.3, -0.25) is 18.9 Å². The normalized spacial score (nSPS) is 19.2. The third kappa shape index (κ3) is 5.33. The van der Waals surface area contributed by atoms with Crippen molar-refractivity contribution in [3.63, 3.8) is 0 Å². The molecule has 2 aromatic carbocycles. The number of nitrogens with zero attached hydrogens (tertiary/aromatic N) is 4. The van der Waals surface area contributed by atoms with E-state index >= 15 is 0 Å². The molecule has 2 aromatic heterocycles. The molecule has 1 amide bonds. The highest BCUT2D eigenvalue weighted by Gasteiger charge is 2.46. The fraction of sp³-hybridized carbons (Fsp3) is 0.281. The van der Waals surface area contributed by atoms with E-state index in [1.165, 1.54) is 0 Å². The lowest BCUT2D eigenvalue weighted by Crippen LogP contribution is -2.42. The summed E-state index contributed by atoms with van der Waals surface area (Å²) in [5.74, 6) is -0.979. The fourth-order valence-corrected chi connectivity index (χ4v) is 5.57. The molecule has 4 heterocycles. The van der Waals surface area contributed by atoms with Crippen molar-refractivity contribution in [1.29, 1.82) is 0 Å². The smallest absolute Gasteiger partial charge is 0.295 e. The molecule has 6 rings (SSSR count). The van der Waals surface area contributed by atoms with Gasteiger partial charge >= 0.3 is 0 Å². The van der Waals surface area contributed by atoms with E-state index in [1.807, 2.05) is 72.8 Å². The molecule has 1 N–H and O–H groups in total. The summed E-state index contributed by atoms with van der Waals surface area (Å²) in [5.41, 5.74) is 3.36. The van der Waals surface area contributed by atoms with Crippen LogP contribution in [0.15, 0.2) is 84.6 Å². The standard InChI is InChI=1S/C32H32N4O5/c1-22-28(35-13-6-5-12-26(35)33-22)30(37)27-29(36(32(39)31(27)38)15-14-34-16-18-40-19-17-34)24-10-7-11-25(20-24)41-21-23-8-3-2-4-9-23/h2-13,20,29,37H,14-19,21H2,1H3. The molecule has 1 atom stereocenters. The lowest BCUT2D eigenvalue weighted by atomic mass is 9.96. The Hall–Kier alpha value is -4.47. The topological polar surface area (TPSA) is 96.6 Å². The number of carbonyl (C=O) groups excluding carboxylic acids is 2. The number of imidazole rings is 1. The SMILES string of the molecule is Cc1nc2ccccn2c1C(O)=C1C(=O)C(=O)N(CCN2CCOCC2)C1c1cccc(OCc2ccccc2)c1. The number of rotatable bonds is 8. The molecule has 4 aromatic rings. The highest BCUT2D eigenvalue weighted by Crippen LogP contribution is 2.40. The van der Waals surface area contributed by atoms with Gasteiger partial charge in [0.15, 0.2) is 5.76 Å². The van der Waals surface area contributed by atoms with E-state index < -0.39 is 17.7 Å². The zero-order chi connectivity index (χ0) is 28.3. The number of aryl methyl sites for hydroxylation is 1. The van der Waals surface area contributed by atoms with Crippen molar-refractivity contribution in [1.82, 2.24) is 19.2 Å². The molecule has 0 spiro atoms. The number of hydrogen-bond donors (Lipinski definition) is 1. The predicted molar refractivity (Wildman–Crippen MR) is 153 cm³/mol. The van der Waals surface area contributed by atoms with Gasteiger partial charge in [0.2, 0.25) is 0 Å². The van der Waals surface area contributed by atoms with Crippen molar-refractivity contribution < 1.29 is 24.2 Å². The molecule has 2 saturated heterocycles. The summed E-state index contributed by atoms with van der Waals surface area (Å²) in [6, 6.07) is 22.0. The number of ketones is 1. The molecule has 0 saturated carbocycles. The third-order valence-electron chi connectivity index (χ3n) is 7.65. The number of carbonyl (C=O) groups is 2. The number of aliphatic hydroxyl groups is 1. The highest BCUT2D eigenvalue weighted by atomic mass is 16.5. The van der Waals surface area contributed by atoms with Gasteiger partial charge in [0.25, 0.3) is 11.7 Å². The van der Waals surface area contributed by atoms with Crippen molar-refractivity contribution >= 4 is 23.1 Å². The van der Waals surface area contributed by atoms with Crippen molar-refractivity contribution in [2.24, 2.45) is 0 Å². The predicted octanol–water partition coefficient (Wildman–Crippen LogP) is 3.98. The zero-order valence-corrected chi connectivity index (χ0v) is 22.9. The van der Waals surface area contributed by atoms with E-state index in [9.17, 15) is 14.7 Å². The molecule has 2 aliphatic heterocycles. The number of ether oxygens (including phenoxy) is 2. The number of pyridine rings is 1. The van der Waals surface area contributed by atoms with Crippen LogP contribution in [0.1, 0.15) is 28.6 Å². The Kier molecular flexibility index (Phi) is 7.54. The van der Waals surface area contributed by atoms with Crippen LogP contribution in [0, 0.1) is 6.92 Å². The molecule has 0 aliphatic carbocycles. The Balaban J connectivity index is 1.40. The first-order valence-corrected chi connectivity index (χ1v) is 13.8. The maximum atomic E-state index is 13.6. The van der Waals surface area contributed by atoms with E-state index in [0.29, 0.717) is 61.3 Å². The van der Waals surface area contributed by atoms with Crippen LogP contribution in [0.25, 0.3) is 11.4 Å². The van der Waals surface area contributed by atoms with Gasteiger partial charge in [0, 0.05) is 32.4 Å². The second-order valence-corrected chi connectivity index (χ2v) is 10.3. The molecule has 9 nitrogen and oxygen atoms in total. The van der Waals surface area contributed by atoms with Crippen LogP contribution in [0.2, 0.25) is 0 Å². The first-order chi connectivity index (χ1) is 20.0. The quantitative estimate of drug-likeness (QED) is 0.201. The Morgan fingerprint density at radius 3 is 2.59 bits per heavy atom. The average molecular weight is 553 g/mol. The van der Waals surface area contributed by atoms with Gasteiger partial charge in [-0.1, -0.05) is 48.5 Å². The number of amides is 1. The number of benzene rings is 2. The first kappa shape index (κ1) is 26.7. The van der Waals surface area contributed by atoms with Crippen molar-refractivity contribution in [3.05, 3.63) is 107 Å². The summed E-state index contributed by atoms with van der Waals surface area (Å²) in [4.78, 5) is 35.5. The lowest BCUT2D eigenvalue weighted by molar-refractivity contribution is -0.140. The van der Waals surface area contributed by atoms with Gasteiger partial charge in [-0.05, 0) is 42.3 Å². The number of morpholine rings is 1. The molecule has 2 aliphatic rings. The monoisotopic (exact) mass is 552 g/mol. The Labute approximate surface area is 238 Å². The number of Topliss-reactive ketones (excluding diaryl/α,β-unsaturated/α-hetero) is 1. The van der Waals surface area contributed by atoms with Crippen LogP contribution in [-0.4, -0.2) is 75.4 Å². The van der Waals surface area contributed by atoms with Gasteiger partial charge in [0.05, 0.1) is 30.5 Å². The number of aliphatic hydroxyl groups excluding tert-OH is 1. The molecule has 0 bridgehead atoms. The maximum absolute atomic E-state index is 13.6. The highest BCUT2D eigenvalue weighted by molar-refractivity contribution is 6.46. The van der Waals surface area contributed by atoms with Crippen LogP contribution >= 0.6 is 0 Å². The minimum Gasteiger partial charge on any atom is -0.505 e. The second kappa shape index (κ2) is 11.6. The van der Waals surface area contributed by atoms with Crippen molar-refractivity contribution in [3.8, 4) is 5.75 Å². The maximum Gasteiger partial charge on any atom is 0.295 e. The molecule has 2 fully saturated rings. The summed E-state index contributed by atoms with van der Waals surface area (Å²) in [6.07, 6.45) is 1.78. The van der Waals surface area contributed by atoms with Crippen LogP contribution in [0.3, 0.4) is 0 Å².